The van der Waals surface area contributed by atoms with Crippen LogP contribution in [0.1, 0.15) is 21.4 Å². The summed E-state index contributed by atoms with van der Waals surface area (Å²) in [4.78, 5) is 13.3. The van der Waals surface area contributed by atoms with Gasteiger partial charge in [-0.1, -0.05) is 36.4 Å². The highest BCUT2D eigenvalue weighted by Crippen LogP contribution is 2.28. The molecule has 0 aliphatic rings. The molecule has 0 saturated heterocycles. The van der Waals surface area contributed by atoms with Crippen LogP contribution in [-0.2, 0) is 6.54 Å². The third-order valence-corrected chi connectivity index (χ3v) is 4.04. The zero-order valence-electron chi connectivity index (χ0n) is 11.6. The van der Waals surface area contributed by atoms with Crippen LogP contribution < -0.4 is 10.6 Å². The lowest BCUT2D eigenvalue weighted by atomic mass is 10.1. The molecule has 0 fully saturated rings. The van der Waals surface area contributed by atoms with Gasteiger partial charge in [-0.15, -0.1) is 17.9 Å². The Bertz CT molecular complexity index is 595. The van der Waals surface area contributed by atoms with Crippen molar-refractivity contribution < 1.29 is 9.90 Å². The molecule has 2 amide bonds. The van der Waals surface area contributed by atoms with Crippen molar-refractivity contribution in [3.63, 3.8) is 0 Å². The van der Waals surface area contributed by atoms with Gasteiger partial charge in [0.25, 0.3) is 0 Å². The van der Waals surface area contributed by atoms with E-state index in [-0.39, 0.29) is 6.03 Å². The lowest BCUT2D eigenvalue weighted by molar-refractivity contribution is 0.224. The number of carbonyl (C=O) groups excluding carboxylic acids is 1. The molecule has 0 aliphatic heterocycles. The van der Waals surface area contributed by atoms with Crippen LogP contribution in [0.2, 0.25) is 0 Å². The minimum absolute atomic E-state index is 0.228. The van der Waals surface area contributed by atoms with E-state index in [0.717, 1.165) is 15.3 Å². The monoisotopic (exact) mass is 302 g/mol. The molecule has 21 heavy (non-hydrogen) atoms. The van der Waals surface area contributed by atoms with Crippen LogP contribution in [0.25, 0.3) is 0 Å². The second kappa shape index (κ2) is 7.61. The van der Waals surface area contributed by atoms with Crippen molar-refractivity contribution in [3.05, 3.63) is 70.4 Å². The van der Waals surface area contributed by atoms with Gasteiger partial charge >= 0.3 is 6.03 Å². The van der Waals surface area contributed by atoms with E-state index in [2.05, 4.69) is 17.2 Å². The van der Waals surface area contributed by atoms with E-state index in [0.29, 0.717) is 13.1 Å². The summed E-state index contributed by atoms with van der Waals surface area (Å²) < 4.78 is 0. The zero-order valence-corrected chi connectivity index (χ0v) is 12.4. The van der Waals surface area contributed by atoms with E-state index < -0.39 is 6.10 Å². The topological polar surface area (TPSA) is 61.4 Å². The van der Waals surface area contributed by atoms with Crippen LogP contribution in [0.5, 0.6) is 0 Å². The molecular weight excluding hydrogens is 284 g/mol. The van der Waals surface area contributed by atoms with Gasteiger partial charge in [-0.3, -0.25) is 0 Å². The summed E-state index contributed by atoms with van der Waals surface area (Å²) in [6.45, 7) is 4.41. The number of benzene rings is 1. The van der Waals surface area contributed by atoms with Crippen molar-refractivity contribution in [3.8, 4) is 0 Å². The van der Waals surface area contributed by atoms with Crippen molar-refractivity contribution in [2.75, 3.05) is 6.54 Å². The average Bonchev–Trinajstić information content (AvgIpc) is 3.00. The number of thiophene rings is 1. The van der Waals surface area contributed by atoms with Crippen molar-refractivity contribution in [2.24, 2.45) is 0 Å². The highest BCUT2D eigenvalue weighted by atomic mass is 32.1. The Morgan fingerprint density at radius 1 is 1.24 bits per heavy atom. The number of rotatable bonds is 6. The lowest BCUT2D eigenvalue weighted by Crippen LogP contribution is -2.34. The number of urea groups is 1. The van der Waals surface area contributed by atoms with Gasteiger partial charge in [0, 0.05) is 16.3 Å². The van der Waals surface area contributed by atoms with Crippen molar-refractivity contribution in [1.29, 1.82) is 0 Å². The summed E-state index contributed by atoms with van der Waals surface area (Å²) in [7, 11) is 0. The molecule has 0 aliphatic carbocycles. The van der Waals surface area contributed by atoms with Crippen molar-refractivity contribution in [1.82, 2.24) is 10.6 Å². The Morgan fingerprint density at radius 2 is 2.00 bits per heavy atom. The second-order valence-electron chi connectivity index (χ2n) is 4.47. The third-order valence-electron chi connectivity index (χ3n) is 2.90. The van der Waals surface area contributed by atoms with Crippen LogP contribution in [0.3, 0.4) is 0 Å². The molecule has 1 atom stereocenters. The molecule has 0 saturated carbocycles. The molecule has 0 bridgehead atoms. The summed E-state index contributed by atoms with van der Waals surface area (Å²) >= 11 is 1.49. The van der Waals surface area contributed by atoms with E-state index >= 15 is 0 Å². The Hall–Kier alpha value is -2.11. The first-order valence-electron chi connectivity index (χ1n) is 6.65. The first-order chi connectivity index (χ1) is 10.2. The first-order valence-corrected chi connectivity index (χ1v) is 7.46. The maximum Gasteiger partial charge on any atom is 0.315 e. The minimum atomic E-state index is -0.625. The summed E-state index contributed by atoms with van der Waals surface area (Å²) in [6, 6.07) is 13.1. The van der Waals surface area contributed by atoms with Gasteiger partial charge in [0.15, 0.2) is 0 Å². The van der Waals surface area contributed by atoms with E-state index in [9.17, 15) is 9.90 Å². The summed E-state index contributed by atoms with van der Waals surface area (Å²) in [5, 5.41) is 15.7. The predicted octanol–water partition coefficient (Wildman–Crippen LogP) is 2.82. The number of carbonyl (C=O) groups is 1. The quantitative estimate of drug-likeness (QED) is 0.719. The number of amides is 2. The van der Waals surface area contributed by atoms with Gasteiger partial charge in [0.2, 0.25) is 0 Å². The predicted molar refractivity (Wildman–Crippen MR) is 85.3 cm³/mol. The fourth-order valence-electron chi connectivity index (χ4n) is 1.83. The first kappa shape index (κ1) is 15.3. The maximum absolute atomic E-state index is 11.4. The molecule has 110 valence electrons. The van der Waals surface area contributed by atoms with Crippen molar-refractivity contribution in [2.45, 2.75) is 12.6 Å². The largest absolute Gasteiger partial charge is 0.383 e. The zero-order chi connectivity index (χ0) is 15.1. The molecule has 0 spiro atoms. The fraction of sp³-hybridized carbons (Fsp3) is 0.188. The molecule has 1 aromatic heterocycles. The van der Waals surface area contributed by atoms with Gasteiger partial charge < -0.3 is 15.7 Å². The third kappa shape index (κ3) is 4.44. The number of aliphatic hydroxyl groups excluding tert-OH is 1. The number of hydrogen-bond donors (Lipinski definition) is 3. The molecule has 1 heterocycles. The van der Waals surface area contributed by atoms with E-state index in [4.69, 9.17) is 0 Å². The van der Waals surface area contributed by atoms with Crippen molar-refractivity contribution >= 4 is 17.4 Å². The normalized spacial score (nSPS) is 11.7. The van der Waals surface area contributed by atoms with Crippen LogP contribution >= 0.6 is 11.3 Å². The SMILES string of the molecule is C=CCNC(=O)NCc1ccc(C(O)c2ccccc2)s1. The maximum atomic E-state index is 11.4. The van der Waals surface area contributed by atoms with E-state index in [1.54, 1.807) is 6.08 Å². The van der Waals surface area contributed by atoms with Crippen LogP contribution in [0.4, 0.5) is 4.79 Å². The lowest BCUT2D eigenvalue weighted by Gasteiger charge is -2.08. The van der Waals surface area contributed by atoms with Crippen LogP contribution in [0, 0.1) is 0 Å². The Balaban J connectivity index is 1.92. The van der Waals surface area contributed by atoms with Gasteiger partial charge in [-0.25, -0.2) is 4.79 Å². The summed E-state index contributed by atoms with van der Waals surface area (Å²) in [5.41, 5.74) is 0.864. The number of nitrogens with one attached hydrogen (secondary N) is 2. The molecule has 1 unspecified atom stereocenters. The molecule has 3 N–H and O–H groups in total. The Morgan fingerprint density at radius 3 is 2.71 bits per heavy atom. The fourth-order valence-corrected chi connectivity index (χ4v) is 2.80. The van der Waals surface area contributed by atoms with Gasteiger partial charge in [0.05, 0.1) is 6.54 Å². The smallest absolute Gasteiger partial charge is 0.315 e. The minimum Gasteiger partial charge on any atom is -0.383 e. The standard InChI is InChI=1S/C16H18N2O2S/c1-2-10-17-16(20)18-11-13-8-9-14(21-13)15(19)12-6-4-3-5-7-12/h2-9,15,19H,1,10-11H2,(H2,17,18,20). The average molecular weight is 302 g/mol. The molecular formula is C16H18N2O2S. The highest BCUT2D eigenvalue weighted by Gasteiger charge is 2.12. The summed E-state index contributed by atoms with van der Waals surface area (Å²) in [5.74, 6) is 0. The Labute approximate surface area is 128 Å². The van der Waals surface area contributed by atoms with E-state index in [1.807, 2.05) is 42.5 Å². The second-order valence-corrected chi connectivity index (χ2v) is 5.67. The number of aliphatic hydroxyl groups is 1. The molecule has 1 aromatic carbocycles. The summed E-state index contributed by atoms with van der Waals surface area (Å²) in [6.07, 6.45) is 0.999. The molecule has 4 nitrogen and oxygen atoms in total. The molecule has 2 aromatic rings. The van der Waals surface area contributed by atoms with E-state index in [1.165, 1.54) is 11.3 Å². The van der Waals surface area contributed by atoms with Gasteiger partial charge in [-0.2, -0.15) is 0 Å². The van der Waals surface area contributed by atoms with Gasteiger partial charge in [-0.05, 0) is 17.7 Å². The number of hydrogen-bond acceptors (Lipinski definition) is 3. The molecule has 0 radical (unpaired) electrons. The van der Waals surface area contributed by atoms with Gasteiger partial charge in [0.1, 0.15) is 6.10 Å². The Kier molecular flexibility index (Phi) is 5.54. The highest BCUT2D eigenvalue weighted by molar-refractivity contribution is 7.12. The molecule has 5 heteroatoms. The van der Waals surface area contributed by atoms with Crippen LogP contribution in [-0.4, -0.2) is 17.7 Å². The van der Waals surface area contributed by atoms with Crippen LogP contribution in [0.15, 0.2) is 55.1 Å². The molecule has 2 rings (SSSR count).